The molecule has 0 aliphatic carbocycles. The van der Waals surface area contributed by atoms with Gasteiger partial charge in [-0.25, -0.2) is 0 Å². The normalized spacial score (nSPS) is 32.8. The van der Waals surface area contributed by atoms with Crippen LogP contribution >= 0.6 is 0 Å². The molecule has 3 fully saturated rings. The first-order chi connectivity index (χ1) is 13.9. The van der Waals surface area contributed by atoms with Gasteiger partial charge in [0.1, 0.15) is 12.2 Å². The molecule has 3 saturated heterocycles. The van der Waals surface area contributed by atoms with Crippen LogP contribution < -0.4 is 0 Å². The van der Waals surface area contributed by atoms with Gasteiger partial charge in [0.2, 0.25) is 0 Å². The number of alkyl halides is 6. The summed E-state index contributed by atoms with van der Waals surface area (Å²) in [6, 6.07) is 0. The van der Waals surface area contributed by atoms with Crippen molar-refractivity contribution < 1.29 is 59.7 Å². The molecule has 13 heteroatoms. The lowest BCUT2D eigenvalue weighted by Crippen LogP contribution is -2.60. The molecule has 3 rings (SSSR count). The summed E-state index contributed by atoms with van der Waals surface area (Å²) in [5.74, 6) is -4.09. The summed E-state index contributed by atoms with van der Waals surface area (Å²) in [6.45, 7) is 4.58. The maximum Gasteiger partial charge on any atom is 0.437 e. The van der Waals surface area contributed by atoms with Gasteiger partial charge in [-0.05, 0) is 27.2 Å². The van der Waals surface area contributed by atoms with Crippen molar-refractivity contribution in [2.24, 2.45) is 10.8 Å². The molecule has 3 aliphatic rings. The number of ether oxygens (including phenoxy) is 4. The fourth-order valence-electron chi connectivity index (χ4n) is 3.68. The van der Waals surface area contributed by atoms with Crippen LogP contribution in [-0.4, -0.2) is 60.3 Å². The number of esters is 3. The Labute approximate surface area is 172 Å². The zero-order chi connectivity index (χ0) is 23.8. The van der Waals surface area contributed by atoms with Crippen LogP contribution in [0.15, 0.2) is 0 Å². The van der Waals surface area contributed by atoms with E-state index in [1.54, 1.807) is 20.8 Å². The zero-order valence-corrected chi connectivity index (χ0v) is 16.8. The second kappa shape index (κ2) is 6.72. The number of carbonyl (C=O) groups is 3. The van der Waals surface area contributed by atoms with Gasteiger partial charge in [0.15, 0.2) is 17.6 Å². The largest absolute Gasteiger partial charge is 0.455 e. The minimum Gasteiger partial charge on any atom is -0.455 e. The highest BCUT2D eigenvalue weighted by atomic mass is 19.4. The molecule has 3 heterocycles. The van der Waals surface area contributed by atoms with Crippen molar-refractivity contribution in [2.75, 3.05) is 0 Å². The zero-order valence-electron chi connectivity index (χ0n) is 16.8. The van der Waals surface area contributed by atoms with Gasteiger partial charge in [0.05, 0.1) is 5.41 Å². The molecule has 0 N–H and O–H groups in total. The van der Waals surface area contributed by atoms with Crippen LogP contribution in [0.3, 0.4) is 0 Å². The standard InChI is InChI=1S/C18H20F6O7/c1-5-14(2,3)11(25)29-8-7-6-16(10(28-7)9(8)30-12(16)26)13(27)31-15(4,17(19,20)21)18(22,23)24/h7-10H,5-6H2,1-4H3. The lowest BCUT2D eigenvalue weighted by atomic mass is 9.74. The van der Waals surface area contributed by atoms with E-state index >= 15 is 0 Å². The highest BCUT2D eigenvalue weighted by molar-refractivity contribution is 6.03. The molecular weight excluding hydrogens is 442 g/mol. The molecule has 176 valence electrons. The summed E-state index contributed by atoms with van der Waals surface area (Å²) in [5.41, 5.74) is -8.25. The Hall–Kier alpha value is -2.05. The molecule has 0 saturated carbocycles. The Balaban J connectivity index is 1.86. The molecule has 5 atom stereocenters. The monoisotopic (exact) mass is 462 g/mol. The first kappa shape index (κ1) is 23.6. The first-order valence-corrected chi connectivity index (χ1v) is 9.37. The van der Waals surface area contributed by atoms with Crippen molar-refractivity contribution in [3.8, 4) is 0 Å². The van der Waals surface area contributed by atoms with E-state index < -0.39 is 77.5 Å². The summed E-state index contributed by atoms with van der Waals surface area (Å²) in [4.78, 5) is 37.3. The van der Waals surface area contributed by atoms with Gasteiger partial charge in [-0.3, -0.25) is 14.4 Å². The fraction of sp³-hybridized carbons (Fsp3) is 0.833. The van der Waals surface area contributed by atoms with Crippen molar-refractivity contribution >= 4 is 17.9 Å². The van der Waals surface area contributed by atoms with E-state index in [0.717, 1.165) is 0 Å². The van der Waals surface area contributed by atoms with Gasteiger partial charge in [-0.2, -0.15) is 26.3 Å². The third-order valence-corrected chi connectivity index (χ3v) is 6.35. The van der Waals surface area contributed by atoms with E-state index in [4.69, 9.17) is 14.2 Å². The van der Waals surface area contributed by atoms with Crippen LogP contribution in [0, 0.1) is 10.8 Å². The Morgan fingerprint density at radius 3 is 2.13 bits per heavy atom. The second-order valence-corrected chi connectivity index (χ2v) is 8.67. The highest BCUT2D eigenvalue weighted by Crippen LogP contribution is 2.57. The molecule has 7 nitrogen and oxygen atoms in total. The summed E-state index contributed by atoms with van der Waals surface area (Å²) < 4.78 is 98.4. The highest BCUT2D eigenvalue weighted by Gasteiger charge is 2.80. The Morgan fingerprint density at radius 1 is 1.10 bits per heavy atom. The van der Waals surface area contributed by atoms with Crippen LogP contribution in [0.25, 0.3) is 0 Å². The van der Waals surface area contributed by atoms with Crippen molar-refractivity contribution in [2.45, 2.75) is 82.9 Å². The average Bonchev–Trinajstić information content (AvgIpc) is 3.22. The minimum atomic E-state index is -6.00. The molecule has 0 radical (unpaired) electrons. The number of carbonyl (C=O) groups excluding carboxylic acids is 3. The van der Waals surface area contributed by atoms with Crippen molar-refractivity contribution in [3.05, 3.63) is 0 Å². The van der Waals surface area contributed by atoms with E-state index in [0.29, 0.717) is 6.42 Å². The maximum atomic E-state index is 13.1. The van der Waals surface area contributed by atoms with Gasteiger partial charge in [-0.1, -0.05) is 6.92 Å². The fourth-order valence-corrected chi connectivity index (χ4v) is 3.68. The van der Waals surface area contributed by atoms with Crippen LogP contribution in [0.4, 0.5) is 26.3 Å². The van der Waals surface area contributed by atoms with E-state index in [9.17, 15) is 40.7 Å². The molecule has 0 amide bonds. The number of rotatable bonds is 5. The first-order valence-electron chi connectivity index (χ1n) is 9.37. The summed E-state index contributed by atoms with van der Waals surface area (Å²) in [7, 11) is 0. The van der Waals surface area contributed by atoms with Gasteiger partial charge < -0.3 is 18.9 Å². The van der Waals surface area contributed by atoms with Crippen LogP contribution in [0.1, 0.15) is 40.5 Å². The Kier molecular flexibility index (Phi) is 5.12. The number of fused-ring (bicyclic) bond motifs is 1. The molecular formula is C18H20F6O7. The number of hydrogen-bond donors (Lipinski definition) is 0. The van der Waals surface area contributed by atoms with E-state index in [-0.39, 0.29) is 6.92 Å². The van der Waals surface area contributed by atoms with Crippen LogP contribution in [0.5, 0.6) is 0 Å². The molecule has 0 aromatic heterocycles. The molecule has 31 heavy (non-hydrogen) atoms. The van der Waals surface area contributed by atoms with Crippen LogP contribution in [0.2, 0.25) is 0 Å². The molecule has 0 aromatic rings. The molecule has 2 bridgehead atoms. The third kappa shape index (κ3) is 3.18. The van der Waals surface area contributed by atoms with Crippen molar-refractivity contribution in [1.82, 2.24) is 0 Å². The lowest BCUT2D eigenvalue weighted by molar-refractivity contribution is -0.364. The number of hydrogen-bond acceptors (Lipinski definition) is 7. The maximum absolute atomic E-state index is 13.1. The SMILES string of the molecule is CCC(C)(C)C(=O)OC1C2CC3(C(=O)OC(C)(C(F)(F)F)C(F)(F)F)C(=O)OC1C3O2. The summed E-state index contributed by atoms with van der Waals surface area (Å²) in [6.07, 6.45) is -17.4. The quantitative estimate of drug-likeness (QED) is 0.269. The molecule has 0 aromatic carbocycles. The second-order valence-electron chi connectivity index (χ2n) is 8.67. The Morgan fingerprint density at radius 2 is 1.65 bits per heavy atom. The molecule has 3 aliphatic heterocycles. The van der Waals surface area contributed by atoms with Gasteiger partial charge in [0.25, 0.3) is 5.60 Å². The van der Waals surface area contributed by atoms with E-state index in [1.165, 1.54) is 0 Å². The predicted octanol–water partition coefficient (Wildman–Crippen LogP) is 2.84. The predicted molar refractivity (Wildman–Crippen MR) is 86.2 cm³/mol. The van der Waals surface area contributed by atoms with E-state index in [2.05, 4.69) is 4.74 Å². The topological polar surface area (TPSA) is 88.1 Å². The molecule has 5 unspecified atom stereocenters. The Bertz CT molecular complexity index is 790. The lowest BCUT2D eigenvalue weighted by Gasteiger charge is -2.36. The van der Waals surface area contributed by atoms with Crippen molar-refractivity contribution in [3.63, 3.8) is 0 Å². The summed E-state index contributed by atoms with van der Waals surface area (Å²) >= 11 is 0. The van der Waals surface area contributed by atoms with Crippen LogP contribution in [-0.2, 0) is 33.3 Å². The van der Waals surface area contributed by atoms with Gasteiger partial charge in [-0.15, -0.1) is 0 Å². The minimum absolute atomic E-state index is 0.342. The van der Waals surface area contributed by atoms with Gasteiger partial charge >= 0.3 is 30.3 Å². The van der Waals surface area contributed by atoms with E-state index in [1.807, 2.05) is 0 Å². The smallest absolute Gasteiger partial charge is 0.437 e. The third-order valence-electron chi connectivity index (χ3n) is 6.35. The average molecular weight is 462 g/mol. The number of halogens is 6. The molecule has 0 spiro atoms. The summed E-state index contributed by atoms with van der Waals surface area (Å²) in [5, 5.41) is 0. The van der Waals surface area contributed by atoms with Crippen molar-refractivity contribution in [1.29, 1.82) is 0 Å². The van der Waals surface area contributed by atoms with Gasteiger partial charge in [0, 0.05) is 6.42 Å².